The van der Waals surface area contributed by atoms with Crippen LogP contribution < -0.4 is 5.32 Å². The molecule has 0 saturated carbocycles. The van der Waals surface area contributed by atoms with E-state index in [0.717, 1.165) is 28.0 Å². The van der Waals surface area contributed by atoms with Crippen LogP contribution in [0.2, 0.25) is 0 Å². The van der Waals surface area contributed by atoms with Crippen LogP contribution >= 0.6 is 0 Å². The minimum absolute atomic E-state index is 0.217. The van der Waals surface area contributed by atoms with Gasteiger partial charge >= 0.3 is 0 Å². The number of benzene rings is 4. The minimum Gasteiger partial charge on any atom is -0.364 e. The van der Waals surface area contributed by atoms with E-state index in [1.807, 2.05) is 19.3 Å². The molecule has 0 bridgehead atoms. The molecule has 188 valence electrons. The Labute approximate surface area is 226 Å². The Hall–Kier alpha value is -5.16. The first kappa shape index (κ1) is 23.0. The van der Waals surface area contributed by atoms with Crippen LogP contribution in [-0.4, -0.2) is 27.7 Å². The third-order valence-electron chi connectivity index (χ3n) is 7.40. The van der Waals surface area contributed by atoms with Gasteiger partial charge < -0.3 is 14.5 Å². The van der Waals surface area contributed by atoms with Gasteiger partial charge in [-0.15, -0.1) is 0 Å². The number of fused-ring (bicyclic) bond motifs is 5. The van der Waals surface area contributed by atoms with Crippen LogP contribution in [-0.2, 0) is 0 Å². The summed E-state index contributed by atoms with van der Waals surface area (Å²) in [4.78, 5) is 9.04. The molecule has 0 amide bonds. The van der Waals surface area contributed by atoms with E-state index in [2.05, 4.69) is 117 Å². The van der Waals surface area contributed by atoms with Gasteiger partial charge in [-0.1, -0.05) is 49.1 Å². The van der Waals surface area contributed by atoms with E-state index >= 15 is 0 Å². The van der Waals surface area contributed by atoms with Crippen LogP contribution in [0.3, 0.4) is 0 Å². The minimum atomic E-state index is -0.217. The Kier molecular flexibility index (Phi) is 5.48. The van der Waals surface area contributed by atoms with E-state index in [1.54, 1.807) is 18.5 Å². The standard InChI is InChI=1S/C34H27N5/c1-3-23(20-35-4-2)34-36-21-28(22-37-34)39-31-13-9-8-12-29(31)30-17-26-18-32-24(16-25(26)19-33(30)39)14-15-38(32)27-10-6-5-7-11-27/h3-22,34,36H,1H2,2H3/b23-20+,35-4?. The fourth-order valence-electron chi connectivity index (χ4n) is 5.53. The summed E-state index contributed by atoms with van der Waals surface area (Å²) in [6.45, 7) is 5.82. The van der Waals surface area contributed by atoms with Crippen molar-refractivity contribution in [3.8, 4) is 5.69 Å². The van der Waals surface area contributed by atoms with Crippen LogP contribution in [0.25, 0.3) is 54.9 Å². The van der Waals surface area contributed by atoms with E-state index in [-0.39, 0.29) is 6.17 Å². The van der Waals surface area contributed by atoms with Crippen molar-refractivity contribution in [1.82, 2.24) is 14.5 Å². The molecule has 0 fully saturated rings. The highest BCUT2D eigenvalue weighted by atomic mass is 15.1. The van der Waals surface area contributed by atoms with Gasteiger partial charge in [0, 0.05) is 58.4 Å². The summed E-state index contributed by atoms with van der Waals surface area (Å²) < 4.78 is 4.54. The maximum absolute atomic E-state index is 4.80. The van der Waals surface area contributed by atoms with Gasteiger partial charge in [-0.2, -0.15) is 0 Å². The first-order valence-electron chi connectivity index (χ1n) is 13.1. The van der Waals surface area contributed by atoms with Gasteiger partial charge in [0.05, 0.1) is 22.2 Å². The molecule has 1 unspecified atom stereocenters. The third-order valence-corrected chi connectivity index (χ3v) is 7.40. The smallest absolute Gasteiger partial charge is 0.145 e. The monoisotopic (exact) mass is 505 g/mol. The molecule has 1 atom stereocenters. The molecular formula is C34H27N5. The molecule has 1 aliphatic heterocycles. The fraction of sp³-hybridized carbons (Fsp3) is 0.0588. The van der Waals surface area contributed by atoms with E-state index in [9.17, 15) is 0 Å². The van der Waals surface area contributed by atoms with Gasteiger partial charge in [0.15, 0.2) is 0 Å². The third kappa shape index (κ3) is 3.79. The summed E-state index contributed by atoms with van der Waals surface area (Å²) in [5.74, 6) is 0. The van der Waals surface area contributed by atoms with Gasteiger partial charge in [-0.3, -0.25) is 9.98 Å². The lowest BCUT2D eigenvalue weighted by molar-refractivity contribution is 0.706. The first-order valence-corrected chi connectivity index (χ1v) is 13.1. The predicted molar refractivity (Wildman–Crippen MR) is 166 cm³/mol. The number of aliphatic imine (C=N–C) groups is 2. The molecule has 1 N–H and O–H groups in total. The van der Waals surface area contributed by atoms with E-state index < -0.39 is 0 Å². The summed E-state index contributed by atoms with van der Waals surface area (Å²) in [5.41, 5.74) is 6.56. The van der Waals surface area contributed by atoms with Crippen molar-refractivity contribution < 1.29 is 0 Å². The molecule has 0 saturated heterocycles. The van der Waals surface area contributed by atoms with Crippen molar-refractivity contribution in [3.05, 3.63) is 122 Å². The molecule has 3 heterocycles. The highest BCUT2D eigenvalue weighted by molar-refractivity contribution is 6.19. The Morgan fingerprint density at radius 1 is 0.872 bits per heavy atom. The molecule has 1 aliphatic rings. The van der Waals surface area contributed by atoms with Crippen molar-refractivity contribution in [2.24, 2.45) is 9.98 Å². The van der Waals surface area contributed by atoms with Crippen LogP contribution in [0.5, 0.6) is 0 Å². The van der Waals surface area contributed by atoms with Crippen molar-refractivity contribution in [3.63, 3.8) is 0 Å². The molecule has 0 aliphatic carbocycles. The maximum Gasteiger partial charge on any atom is 0.145 e. The van der Waals surface area contributed by atoms with Gasteiger partial charge in [0.1, 0.15) is 6.17 Å². The molecule has 39 heavy (non-hydrogen) atoms. The molecular weight excluding hydrogens is 478 g/mol. The lowest BCUT2D eigenvalue weighted by atomic mass is 10.0. The molecule has 4 aromatic carbocycles. The second-order valence-corrected chi connectivity index (χ2v) is 9.66. The fourth-order valence-corrected chi connectivity index (χ4v) is 5.53. The molecule has 7 rings (SSSR count). The molecule has 5 nitrogen and oxygen atoms in total. The summed E-state index contributed by atoms with van der Waals surface area (Å²) in [6.07, 6.45) is 11.2. The molecule has 0 radical (unpaired) electrons. The summed E-state index contributed by atoms with van der Waals surface area (Å²) in [6, 6.07) is 30.5. The first-order chi connectivity index (χ1) is 19.2. The quantitative estimate of drug-likeness (QED) is 0.188. The van der Waals surface area contributed by atoms with Crippen LogP contribution in [0.1, 0.15) is 6.92 Å². The number of nitrogens with zero attached hydrogens (tertiary/aromatic N) is 4. The van der Waals surface area contributed by atoms with E-state index in [1.165, 1.54) is 32.4 Å². The molecule has 2 aromatic heterocycles. The highest BCUT2D eigenvalue weighted by Crippen LogP contribution is 2.36. The second kappa shape index (κ2) is 9.30. The van der Waals surface area contributed by atoms with Crippen LogP contribution in [0.15, 0.2) is 132 Å². The average molecular weight is 506 g/mol. The zero-order valence-electron chi connectivity index (χ0n) is 21.6. The SMILES string of the molecule is C=C/C(=C\N=CC)C1N=CC(n2c3ccccc3c3cc4cc5c(ccn5-c5ccccc5)cc4cc32)=CN1. The number of rotatable bonds is 5. The van der Waals surface area contributed by atoms with Crippen molar-refractivity contribution in [2.45, 2.75) is 13.1 Å². The van der Waals surface area contributed by atoms with Gasteiger partial charge in [0.25, 0.3) is 0 Å². The lowest BCUT2D eigenvalue weighted by Gasteiger charge is -2.20. The number of hydrogen-bond donors (Lipinski definition) is 1. The van der Waals surface area contributed by atoms with Crippen LogP contribution in [0.4, 0.5) is 0 Å². The Bertz CT molecular complexity index is 2020. The average Bonchev–Trinajstić information content (AvgIpc) is 3.54. The summed E-state index contributed by atoms with van der Waals surface area (Å²) in [5, 5.41) is 9.51. The molecule has 0 spiro atoms. The van der Waals surface area contributed by atoms with Crippen LogP contribution in [0, 0.1) is 0 Å². The normalized spacial score (nSPS) is 16.0. The zero-order valence-corrected chi connectivity index (χ0v) is 21.6. The maximum atomic E-state index is 4.80. The predicted octanol–water partition coefficient (Wildman–Crippen LogP) is 7.85. The number of aromatic nitrogens is 2. The van der Waals surface area contributed by atoms with E-state index in [4.69, 9.17) is 4.99 Å². The van der Waals surface area contributed by atoms with Crippen molar-refractivity contribution >= 4 is 61.6 Å². The van der Waals surface area contributed by atoms with Gasteiger partial charge in [-0.25, -0.2) is 0 Å². The largest absolute Gasteiger partial charge is 0.364 e. The highest BCUT2D eigenvalue weighted by Gasteiger charge is 2.18. The Balaban J connectivity index is 1.39. The van der Waals surface area contributed by atoms with Gasteiger partial charge in [-0.05, 0) is 66.2 Å². The van der Waals surface area contributed by atoms with E-state index in [0.29, 0.717) is 0 Å². The summed E-state index contributed by atoms with van der Waals surface area (Å²) in [7, 11) is 0. The Morgan fingerprint density at radius 2 is 1.67 bits per heavy atom. The van der Waals surface area contributed by atoms with Crippen molar-refractivity contribution in [2.75, 3.05) is 0 Å². The zero-order chi connectivity index (χ0) is 26.3. The topological polar surface area (TPSA) is 46.6 Å². The second-order valence-electron chi connectivity index (χ2n) is 9.66. The molecule has 6 aromatic rings. The molecule has 5 heteroatoms. The lowest BCUT2D eigenvalue weighted by Crippen LogP contribution is -2.28. The Morgan fingerprint density at radius 3 is 2.46 bits per heavy atom. The van der Waals surface area contributed by atoms with Gasteiger partial charge in [0.2, 0.25) is 0 Å². The number of nitrogens with one attached hydrogen (secondary N) is 1. The number of para-hydroxylation sites is 2. The number of allylic oxidation sites excluding steroid dienone is 1. The number of hydrogen-bond acceptors (Lipinski definition) is 3. The van der Waals surface area contributed by atoms with Crippen molar-refractivity contribution in [1.29, 1.82) is 0 Å². The summed E-state index contributed by atoms with van der Waals surface area (Å²) >= 11 is 0.